The first-order valence-electron chi connectivity index (χ1n) is 35.9. The van der Waals surface area contributed by atoms with Crippen LogP contribution in [0.1, 0.15) is 121 Å². The molecule has 1 amide bonds. The quantitative estimate of drug-likeness (QED) is 0.0186. The maximum absolute atomic E-state index is 14.0. The summed E-state index contributed by atoms with van der Waals surface area (Å²) >= 11 is 6.42. The molecule has 8 aromatic carbocycles. The number of dihydropyridines is 1. The van der Waals surface area contributed by atoms with E-state index in [1.165, 1.54) is 19.2 Å². The van der Waals surface area contributed by atoms with Gasteiger partial charge in [0.2, 0.25) is 0 Å². The summed E-state index contributed by atoms with van der Waals surface area (Å²) < 4.78 is 36.3. The second-order valence-corrected chi connectivity index (χ2v) is 26.9. The molecule has 108 heavy (non-hydrogen) atoms. The van der Waals surface area contributed by atoms with Gasteiger partial charge in [-0.25, -0.2) is 28.7 Å². The zero-order chi connectivity index (χ0) is 77.3. The SMILES string of the molecule is CC(C)c1c(C(=O)Nc2ccccc2)c(-c2ccccc2)c(-c2ccc(F)cc2)n1CC[C@@H](O)C[C@@H](O)CC(=O)O.CCCc1nc2c(C)cc(-c3nc4ccccc4n3C)cc2n1Cc1ccc(-c2ccccc2C(=O)O)cc1.CCOC(=O)C1=C(COCCN)NC(C)=C(C(=O)OC)[C@@H]1c1ccccc1Cl. The van der Waals surface area contributed by atoms with Crippen molar-refractivity contribution in [3.05, 3.63) is 267 Å². The summed E-state index contributed by atoms with van der Waals surface area (Å²) in [7, 11) is 3.36. The van der Waals surface area contributed by atoms with Gasteiger partial charge in [-0.1, -0.05) is 154 Å². The molecular weight excluding hydrogens is 1390 g/mol. The number of aryl methyl sites for hydroxylation is 3. The van der Waals surface area contributed by atoms with E-state index >= 15 is 0 Å². The van der Waals surface area contributed by atoms with E-state index in [-0.39, 0.29) is 55.8 Å². The Morgan fingerprint density at radius 1 is 0.722 bits per heavy atom. The highest BCUT2D eigenvalue weighted by atomic mass is 35.5. The van der Waals surface area contributed by atoms with Gasteiger partial charge in [0, 0.05) is 66.3 Å². The number of imidazole rings is 2. The third-order valence-corrected chi connectivity index (χ3v) is 18.9. The van der Waals surface area contributed by atoms with E-state index in [2.05, 4.69) is 71.0 Å². The standard InChI is InChI=1S/C33H35FN2O5.C33H30N4O2.C20H25ClN2O5/c1-21(2)31-30(33(41)35-25-11-7-4-8-12-25)29(22-9-5-3-6-10-22)32(23-13-15-24(34)16-14-23)36(31)18-17-26(37)19-27(38)20-28(39)40;1-4-9-30-35-31-21(2)18-24(32-34-27-12-7-8-13-28(27)36(32)3)19-29(31)37(30)20-22-14-16-23(17-15-22)25-10-5-6-11-26(25)33(38)39;1-4-28-20(25)18-15(11-27-10-9-22)23-12(2)16(19(24)26-3)17(18)13-7-5-6-8-14(13)21/h3-16,21,26-27,37-38H,17-20H2,1-2H3,(H,35,41)(H,39,40);5-8,10-19H,4,9,20H2,1-3H3,(H,38,39);5-8,17,23H,4,9-11,22H2,1-3H3/t26-,27-;;17-/m1.0/s1. The Morgan fingerprint density at radius 3 is 2.03 bits per heavy atom. The number of aromatic carboxylic acids is 1. The van der Waals surface area contributed by atoms with Crippen molar-refractivity contribution in [1.82, 2.24) is 29.0 Å². The molecule has 8 N–H and O–H groups in total. The Hall–Kier alpha value is -11.3. The van der Waals surface area contributed by atoms with Crippen LogP contribution in [0.4, 0.5) is 10.1 Å². The van der Waals surface area contributed by atoms with Crippen molar-refractivity contribution >= 4 is 69.1 Å². The average molecular weight is 1480 g/mol. The highest BCUT2D eigenvalue weighted by molar-refractivity contribution is 6.31. The number of aliphatic hydroxyl groups is 2. The van der Waals surface area contributed by atoms with Crippen LogP contribution in [-0.2, 0) is 55.2 Å². The number of carboxylic acid groups (broad SMARTS) is 2. The summed E-state index contributed by atoms with van der Waals surface area (Å²) in [5, 5.41) is 45.9. The number of para-hydroxylation sites is 3. The number of carbonyl (C=O) groups is 5. The summed E-state index contributed by atoms with van der Waals surface area (Å²) in [4.78, 5) is 72.2. The number of fused-ring (bicyclic) bond motifs is 2. The number of methoxy groups -OCH3 is 1. The summed E-state index contributed by atoms with van der Waals surface area (Å²) in [6.07, 6.45) is -0.614. The Labute approximate surface area is 631 Å². The monoisotopic (exact) mass is 1480 g/mol. The number of esters is 2. The molecule has 1 aliphatic rings. The molecule has 1 aliphatic heterocycles. The first-order valence-corrected chi connectivity index (χ1v) is 36.3. The van der Waals surface area contributed by atoms with Gasteiger partial charge in [-0.05, 0) is 158 Å². The van der Waals surface area contributed by atoms with Gasteiger partial charge in [-0.15, -0.1) is 0 Å². The number of nitrogens with two attached hydrogens (primary N) is 1. The van der Waals surface area contributed by atoms with Crippen LogP contribution in [0, 0.1) is 12.7 Å². The number of halogens is 2. The lowest BCUT2D eigenvalue weighted by Gasteiger charge is -2.31. The van der Waals surface area contributed by atoms with Gasteiger partial charge in [0.1, 0.15) is 17.5 Å². The molecule has 3 atom stereocenters. The number of aliphatic hydroxyl groups excluding tert-OH is 2. The smallest absolute Gasteiger partial charge is 0.336 e. The van der Waals surface area contributed by atoms with Crippen molar-refractivity contribution in [3.63, 3.8) is 0 Å². The van der Waals surface area contributed by atoms with Crippen molar-refractivity contribution in [3.8, 4) is 44.9 Å². The number of anilines is 1. The van der Waals surface area contributed by atoms with E-state index in [4.69, 9.17) is 46.6 Å². The zero-order valence-corrected chi connectivity index (χ0v) is 62.4. The molecule has 0 fully saturated rings. The van der Waals surface area contributed by atoms with Gasteiger partial charge < -0.3 is 64.7 Å². The van der Waals surface area contributed by atoms with Crippen LogP contribution < -0.4 is 16.4 Å². The fourth-order valence-corrected chi connectivity index (χ4v) is 14.0. The van der Waals surface area contributed by atoms with Crippen LogP contribution in [0.2, 0.25) is 5.02 Å². The molecule has 12 rings (SSSR count). The van der Waals surface area contributed by atoms with Gasteiger partial charge >= 0.3 is 23.9 Å². The van der Waals surface area contributed by atoms with E-state index in [9.17, 15) is 43.7 Å². The average Bonchev–Trinajstić information content (AvgIpc) is 1.69. The highest BCUT2D eigenvalue weighted by Crippen LogP contribution is 2.45. The Bertz CT molecular complexity index is 5090. The summed E-state index contributed by atoms with van der Waals surface area (Å²) in [5.74, 6) is -2.71. The van der Waals surface area contributed by atoms with Crippen molar-refractivity contribution in [2.24, 2.45) is 12.8 Å². The molecule has 0 radical (unpaired) electrons. The highest BCUT2D eigenvalue weighted by Gasteiger charge is 2.40. The van der Waals surface area contributed by atoms with Gasteiger partial charge in [-0.2, -0.15) is 0 Å². The number of allylic oxidation sites excluding steroid dienone is 1. The number of rotatable bonds is 27. The molecule has 20 nitrogen and oxygen atoms in total. The van der Waals surface area contributed by atoms with Crippen LogP contribution in [-0.4, -0.2) is 120 Å². The molecule has 560 valence electrons. The normalized spacial score (nSPS) is 13.3. The second kappa shape index (κ2) is 36.8. The molecule has 0 bridgehead atoms. The van der Waals surface area contributed by atoms with E-state index in [0.29, 0.717) is 80.9 Å². The Kier molecular flexibility index (Phi) is 27.0. The zero-order valence-electron chi connectivity index (χ0n) is 61.7. The van der Waals surface area contributed by atoms with Crippen LogP contribution in [0.3, 0.4) is 0 Å². The minimum absolute atomic E-state index is 0.0939. The Morgan fingerprint density at radius 2 is 1.38 bits per heavy atom. The number of aliphatic carboxylic acids is 1. The largest absolute Gasteiger partial charge is 0.481 e. The van der Waals surface area contributed by atoms with Crippen molar-refractivity contribution in [2.45, 2.75) is 111 Å². The van der Waals surface area contributed by atoms with E-state index in [0.717, 1.165) is 85.6 Å². The number of nitrogens with zero attached hydrogens (tertiary/aromatic N) is 5. The van der Waals surface area contributed by atoms with Crippen molar-refractivity contribution < 1.29 is 63.0 Å². The molecule has 4 heterocycles. The lowest BCUT2D eigenvalue weighted by atomic mass is 9.80. The molecule has 0 saturated carbocycles. The van der Waals surface area contributed by atoms with E-state index in [1.54, 1.807) is 62.4 Å². The van der Waals surface area contributed by atoms with E-state index in [1.807, 2.05) is 122 Å². The summed E-state index contributed by atoms with van der Waals surface area (Å²) in [6, 6.07) is 59.7. The van der Waals surface area contributed by atoms with Gasteiger partial charge in [-0.3, -0.25) is 9.59 Å². The van der Waals surface area contributed by atoms with Gasteiger partial charge in [0.05, 0.1) is 107 Å². The lowest BCUT2D eigenvalue weighted by Crippen LogP contribution is -2.35. The fraction of sp³-hybridized carbons (Fsp3) is 0.267. The van der Waals surface area contributed by atoms with Crippen molar-refractivity contribution in [1.29, 1.82) is 0 Å². The number of carboxylic acids is 2. The number of hydrogen-bond acceptors (Lipinski definition) is 14. The van der Waals surface area contributed by atoms with E-state index < -0.39 is 48.4 Å². The topological polar surface area (TPSA) is 285 Å². The minimum atomic E-state index is -1.18. The molecule has 3 aromatic heterocycles. The molecule has 0 saturated heterocycles. The number of nitrogens with one attached hydrogen (secondary N) is 2. The third kappa shape index (κ3) is 18.5. The first-order chi connectivity index (χ1) is 52.0. The van der Waals surface area contributed by atoms with Gasteiger partial charge in [0.15, 0.2) is 0 Å². The number of benzene rings is 8. The van der Waals surface area contributed by atoms with Crippen LogP contribution >= 0.6 is 11.6 Å². The lowest BCUT2D eigenvalue weighted by molar-refractivity contribution is -0.140. The third-order valence-electron chi connectivity index (χ3n) is 18.6. The molecule has 0 unspecified atom stereocenters. The number of aromatic nitrogens is 5. The predicted octanol–water partition coefficient (Wildman–Crippen LogP) is 15.8. The minimum Gasteiger partial charge on any atom is -0.481 e. The number of amides is 1. The maximum Gasteiger partial charge on any atom is 0.336 e. The first kappa shape index (κ1) is 79.2. The Balaban J connectivity index is 0.000000176. The van der Waals surface area contributed by atoms with Crippen molar-refractivity contribution in [2.75, 3.05) is 38.8 Å². The molecule has 0 aliphatic carbocycles. The van der Waals surface area contributed by atoms with Crippen LogP contribution in [0.15, 0.2) is 217 Å². The van der Waals surface area contributed by atoms with Crippen LogP contribution in [0.25, 0.3) is 67.0 Å². The van der Waals surface area contributed by atoms with Gasteiger partial charge in [0.25, 0.3) is 5.91 Å². The van der Waals surface area contributed by atoms with Crippen LogP contribution in [0.5, 0.6) is 0 Å². The summed E-state index contributed by atoms with van der Waals surface area (Å²) in [5.41, 5.74) is 21.9. The second-order valence-electron chi connectivity index (χ2n) is 26.5. The number of hydrogen-bond donors (Lipinski definition) is 7. The maximum atomic E-state index is 14.0. The molecule has 22 heteroatoms. The fourth-order valence-electron chi connectivity index (χ4n) is 13.8. The predicted molar refractivity (Wildman–Crippen MR) is 419 cm³/mol. The summed E-state index contributed by atoms with van der Waals surface area (Å²) in [6.45, 7) is 13.6. The molecular formula is C86H90ClFN8O12. The number of ether oxygens (including phenoxy) is 3. The molecule has 11 aromatic rings. The number of carbonyl (C=O) groups excluding carboxylic acids is 3. The molecule has 0 spiro atoms.